The first-order valence-corrected chi connectivity index (χ1v) is 9.15. The summed E-state index contributed by atoms with van der Waals surface area (Å²) in [6, 6.07) is 10.9. The maximum Gasteiger partial charge on any atom is 0.306 e. The average molecular weight is 386 g/mol. The van der Waals surface area contributed by atoms with Gasteiger partial charge in [-0.1, -0.05) is 6.07 Å². The van der Waals surface area contributed by atoms with Gasteiger partial charge in [-0.3, -0.25) is 14.5 Å². The Kier molecular flexibility index (Phi) is 6.26. The average Bonchev–Trinajstić information content (AvgIpc) is 2.69. The van der Waals surface area contributed by atoms with Crippen LogP contribution in [0.5, 0.6) is 5.75 Å². The molecule has 0 aliphatic carbocycles. The zero-order valence-electron chi connectivity index (χ0n) is 15.7. The number of anilines is 1. The number of nitrogens with one attached hydrogen (secondary N) is 1. The van der Waals surface area contributed by atoms with E-state index < -0.39 is 11.8 Å². The van der Waals surface area contributed by atoms with E-state index in [2.05, 4.69) is 10.2 Å². The summed E-state index contributed by atoms with van der Waals surface area (Å²) in [5.41, 5.74) is 1.88. The van der Waals surface area contributed by atoms with Crippen LogP contribution in [0.1, 0.15) is 28.8 Å². The number of likely N-dealkylation sites (tertiary alicyclic amines) is 1. The Morgan fingerprint density at radius 2 is 1.86 bits per heavy atom. The fraction of sp³-hybridized carbons (Fsp3) is 0.333. The minimum absolute atomic E-state index is 0.266. The van der Waals surface area contributed by atoms with Crippen LogP contribution in [0, 0.1) is 11.7 Å². The Bertz CT molecular complexity index is 846. The third kappa shape index (κ3) is 4.86. The number of nitrogens with zero attached hydrogens (tertiary/aromatic N) is 1. The molecule has 0 unspecified atom stereocenters. The van der Waals surface area contributed by atoms with Crippen LogP contribution >= 0.6 is 0 Å². The lowest BCUT2D eigenvalue weighted by atomic mass is 9.97. The summed E-state index contributed by atoms with van der Waals surface area (Å²) in [6.07, 6.45) is 1.28. The highest BCUT2D eigenvalue weighted by Crippen LogP contribution is 2.28. The van der Waals surface area contributed by atoms with Crippen LogP contribution < -0.4 is 10.1 Å². The van der Waals surface area contributed by atoms with Gasteiger partial charge >= 0.3 is 5.97 Å². The zero-order valence-corrected chi connectivity index (χ0v) is 15.7. The summed E-state index contributed by atoms with van der Waals surface area (Å²) in [5.74, 6) is -1.21. The topological polar surface area (TPSA) is 78.9 Å². The predicted molar refractivity (Wildman–Crippen MR) is 103 cm³/mol. The van der Waals surface area contributed by atoms with Crippen molar-refractivity contribution in [3.8, 4) is 5.75 Å². The van der Waals surface area contributed by atoms with Crippen LogP contribution in [0.4, 0.5) is 10.1 Å². The molecule has 0 aromatic heterocycles. The third-order valence-corrected chi connectivity index (χ3v) is 4.96. The zero-order chi connectivity index (χ0) is 20.1. The molecule has 6 nitrogen and oxygen atoms in total. The molecule has 1 aliphatic rings. The number of carboxylic acids is 1. The Hall–Kier alpha value is -2.93. The number of methoxy groups -OCH3 is 1. The second-order valence-electron chi connectivity index (χ2n) is 6.88. The van der Waals surface area contributed by atoms with Crippen molar-refractivity contribution in [3.05, 3.63) is 59.4 Å². The van der Waals surface area contributed by atoms with Crippen LogP contribution in [0.15, 0.2) is 42.5 Å². The lowest BCUT2D eigenvalue weighted by molar-refractivity contribution is -0.143. The van der Waals surface area contributed by atoms with Crippen LogP contribution in [0.2, 0.25) is 0 Å². The summed E-state index contributed by atoms with van der Waals surface area (Å²) in [4.78, 5) is 25.7. The SMILES string of the molecule is COc1ccc(CN2CCC(C(=O)O)CC2)cc1NC(=O)c1ccc(F)cc1. The van der Waals surface area contributed by atoms with Gasteiger partial charge in [0, 0.05) is 12.1 Å². The number of aliphatic carboxylic acids is 1. The Morgan fingerprint density at radius 3 is 2.46 bits per heavy atom. The van der Waals surface area contributed by atoms with E-state index in [4.69, 9.17) is 9.84 Å². The normalized spacial score (nSPS) is 15.2. The number of hydrogen-bond donors (Lipinski definition) is 2. The number of ether oxygens (including phenoxy) is 1. The maximum atomic E-state index is 13.1. The standard InChI is InChI=1S/C21H23FN2O4/c1-28-19-7-2-14(13-24-10-8-16(9-11-24)21(26)27)12-18(19)23-20(25)15-3-5-17(22)6-4-15/h2-7,12,16H,8-11,13H2,1H3,(H,23,25)(H,26,27). The van der Waals surface area contributed by atoms with Crippen molar-refractivity contribution in [1.29, 1.82) is 0 Å². The first-order chi connectivity index (χ1) is 13.5. The summed E-state index contributed by atoms with van der Waals surface area (Å²) >= 11 is 0. The van der Waals surface area contributed by atoms with Gasteiger partial charge in [-0.25, -0.2) is 4.39 Å². The number of carbonyl (C=O) groups excluding carboxylic acids is 1. The van der Waals surface area contributed by atoms with Crippen LogP contribution in [0.25, 0.3) is 0 Å². The van der Waals surface area contributed by atoms with E-state index in [1.807, 2.05) is 12.1 Å². The molecule has 0 saturated carbocycles. The van der Waals surface area contributed by atoms with E-state index in [-0.39, 0.29) is 11.8 Å². The predicted octanol–water partition coefficient (Wildman–Crippen LogP) is 3.38. The van der Waals surface area contributed by atoms with Gasteiger partial charge in [-0.2, -0.15) is 0 Å². The fourth-order valence-corrected chi connectivity index (χ4v) is 3.34. The molecular formula is C21H23FN2O4. The van der Waals surface area contributed by atoms with Crippen molar-refractivity contribution >= 4 is 17.6 Å². The molecule has 1 heterocycles. The molecule has 7 heteroatoms. The summed E-state index contributed by atoms with van der Waals surface area (Å²) in [7, 11) is 1.53. The molecule has 28 heavy (non-hydrogen) atoms. The lowest BCUT2D eigenvalue weighted by Gasteiger charge is -2.30. The second-order valence-corrected chi connectivity index (χ2v) is 6.88. The van der Waals surface area contributed by atoms with Gasteiger partial charge in [0.15, 0.2) is 0 Å². The monoisotopic (exact) mass is 386 g/mol. The van der Waals surface area contributed by atoms with E-state index in [0.717, 1.165) is 18.7 Å². The highest BCUT2D eigenvalue weighted by atomic mass is 19.1. The van der Waals surface area contributed by atoms with Crippen LogP contribution in [-0.4, -0.2) is 42.1 Å². The van der Waals surface area contributed by atoms with E-state index in [1.54, 1.807) is 6.07 Å². The van der Waals surface area contributed by atoms with Gasteiger partial charge in [-0.05, 0) is 67.9 Å². The molecule has 2 N–H and O–H groups in total. The van der Waals surface area contributed by atoms with Gasteiger partial charge in [0.2, 0.25) is 0 Å². The molecule has 0 atom stereocenters. The fourth-order valence-electron chi connectivity index (χ4n) is 3.34. The highest BCUT2D eigenvalue weighted by molar-refractivity contribution is 6.05. The number of piperidine rings is 1. The van der Waals surface area contributed by atoms with Crippen molar-refractivity contribution in [3.63, 3.8) is 0 Å². The Balaban J connectivity index is 1.69. The van der Waals surface area contributed by atoms with E-state index >= 15 is 0 Å². The minimum atomic E-state index is -0.727. The van der Waals surface area contributed by atoms with Crippen molar-refractivity contribution in [2.45, 2.75) is 19.4 Å². The van der Waals surface area contributed by atoms with Crippen LogP contribution in [-0.2, 0) is 11.3 Å². The lowest BCUT2D eigenvalue weighted by Crippen LogP contribution is -2.35. The number of rotatable bonds is 6. The number of amides is 1. The molecule has 148 valence electrons. The van der Waals surface area contributed by atoms with E-state index in [9.17, 15) is 14.0 Å². The maximum absolute atomic E-state index is 13.1. The molecule has 1 fully saturated rings. The number of carbonyl (C=O) groups is 2. The number of hydrogen-bond acceptors (Lipinski definition) is 4. The molecule has 2 aromatic rings. The molecule has 1 amide bonds. The van der Waals surface area contributed by atoms with Gasteiger partial charge in [-0.15, -0.1) is 0 Å². The number of carboxylic acid groups (broad SMARTS) is 1. The van der Waals surface area contributed by atoms with E-state index in [1.165, 1.54) is 31.4 Å². The third-order valence-electron chi connectivity index (χ3n) is 4.96. The van der Waals surface area contributed by atoms with Gasteiger partial charge < -0.3 is 15.2 Å². The van der Waals surface area contributed by atoms with E-state index in [0.29, 0.717) is 36.4 Å². The smallest absolute Gasteiger partial charge is 0.306 e. The molecule has 3 rings (SSSR count). The molecular weight excluding hydrogens is 363 g/mol. The number of halogens is 1. The first kappa shape index (κ1) is 19.8. The minimum Gasteiger partial charge on any atom is -0.495 e. The summed E-state index contributed by atoms with van der Waals surface area (Å²) < 4.78 is 18.4. The Morgan fingerprint density at radius 1 is 1.18 bits per heavy atom. The van der Waals surface area contributed by atoms with Gasteiger partial charge in [0.25, 0.3) is 5.91 Å². The Labute approximate surface area is 162 Å². The van der Waals surface area contributed by atoms with Crippen molar-refractivity contribution in [2.75, 3.05) is 25.5 Å². The van der Waals surface area contributed by atoms with Crippen molar-refractivity contribution in [1.82, 2.24) is 4.90 Å². The van der Waals surface area contributed by atoms with Crippen molar-refractivity contribution < 1.29 is 23.8 Å². The molecule has 1 aliphatic heterocycles. The molecule has 2 aromatic carbocycles. The highest BCUT2D eigenvalue weighted by Gasteiger charge is 2.24. The van der Waals surface area contributed by atoms with Crippen molar-refractivity contribution in [2.24, 2.45) is 5.92 Å². The summed E-state index contributed by atoms with van der Waals surface area (Å²) in [6.45, 7) is 2.11. The molecule has 0 spiro atoms. The summed E-state index contributed by atoms with van der Waals surface area (Å²) in [5, 5.41) is 11.9. The van der Waals surface area contributed by atoms with Gasteiger partial charge in [0.05, 0.1) is 18.7 Å². The molecule has 0 radical (unpaired) electrons. The second kappa shape index (κ2) is 8.84. The number of benzene rings is 2. The molecule has 1 saturated heterocycles. The quantitative estimate of drug-likeness (QED) is 0.796. The molecule has 0 bridgehead atoms. The first-order valence-electron chi connectivity index (χ1n) is 9.15. The largest absolute Gasteiger partial charge is 0.495 e. The van der Waals surface area contributed by atoms with Crippen LogP contribution in [0.3, 0.4) is 0 Å². The van der Waals surface area contributed by atoms with Gasteiger partial charge in [0.1, 0.15) is 11.6 Å².